The number of carbonyl (C=O) groups excluding carboxylic acids is 3. The van der Waals surface area contributed by atoms with Crippen LogP contribution in [0.5, 0.6) is 0 Å². The van der Waals surface area contributed by atoms with Gasteiger partial charge in [-0.1, -0.05) is 182 Å². The Kier molecular flexibility index (Phi) is 43.1. The van der Waals surface area contributed by atoms with Crippen LogP contribution in [0.4, 0.5) is 0 Å². The number of esters is 3. The second-order valence-electron chi connectivity index (χ2n) is 15.0. The van der Waals surface area contributed by atoms with E-state index < -0.39 is 6.10 Å². The van der Waals surface area contributed by atoms with Crippen molar-refractivity contribution in [2.24, 2.45) is 0 Å². The average Bonchev–Trinajstić information content (AvgIpc) is 3.22. The first-order chi connectivity index (χ1) is 28.5. The highest BCUT2D eigenvalue weighted by atomic mass is 16.6. The Labute approximate surface area is 356 Å². The van der Waals surface area contributed by atoms with E-state index in [-0.39, 0.29) is 31.1 Å². The molecule has 0 aromatic rings. The molecule has 1 unspecified atom stereocenters. The third-order valence-electron chi connectivity index (χ3n) is 9.40. The lowest BCUT2D eigenvalue weighted by Crippen LogP contribution is -2.30. The molecule has 0 fully saturated rings. The van der Waals surface area contributed by atoms with Crippen LogP contribution >= 0.6 is 0 Å². The summed E-state index contributed by atoms with van der Waals surface area (Å²) in [5.74, 6) is -0.965. The average molecular weight is 805 g/mol. The predicted molar refractivity (Wildman–Crippen MR) is 247 cm³/mol. The molecule has 0 N–H and O–H groups in total. The van der Waals surface area contributed by atoms with Gasteiger partial charge < -0.3 is 14.2 Å². The van der Waals surface area contributed by atoms with E-state index >= 15 is 0 Å². The van der Waals surface area contributed by atoms with Crippen molar-refractivity contribution >= 4 is 17.9 Å². The van der Waals surface area contributed by atoms with E-state index in [0.29, 0.717) is 19.3 Å². The molecule has 0 bridgehead atoms. The van der Waals surface area contributed by atoms with Crippen molar-refractivity contribution < 1.29 is 28.6 Å². The molecule has 0 spiro atoms. The minimum absolute atomic E-state index is 0.101. The van der Waals surface area contributed by atoms with Gasteiger partial charge in [-0.25, -0.2) is 0 Å². The molecular weight excluding hydrogens is 721 g/mol. The summed E-state index contributed by atoms with van der Waals surface area (Å²) in [5.41, 5.74) is 0. The molecule has 0 saturated heterocycles. The largest absolute Gasteiger partial charge is 0.462 e. The highest BCUT2D eigenvalue weighted by molar-refractivity contribution is 5.71. The Morgan fingerprint density at radius 2 is 0.759 bits per heavy atom. The number of unbranched alkanes of at least 4 members (excludes halogenated alkanes) is 16. The van der Waals surface area contributed by atoms with Gasteiger partial charge in [0.1, 0.15) is 13.2 Å². The normalized spacial score (nSPS) is 12.9. The van der Waals surface area contributed by atoms with Crippen molar-refractivity contribution in [3.63, 3.8) is 0 Å². The van der Waals surface area contributed by atoms with Crippen molar-refractivity contribution in [1.29, 1.82) is 0 Å². The molecular formula is C52H84O6. The summed E-state index contributed by atoms with van der Waals surface area (Å²) >= 11 is 0. The van der Waals surface area contributed by atoms with Gasteiger partial charge in [0.05, 0.1) is 0 Å². The fraction of sp³-hybridized carbons (Fsp3) is 0.635. The van der Waals surface area contributed by atoms with Crippen LogP contribution in [-0.2, 0) is 28.6 Å². The molecule has 0 amide bonds. The Hall–Kier alpha value is -3.67. The SMILES string of the molecule is CC\C=C/C=C\C=C/C=C\CCCCCCCC(=O)OCC(COC(=O)CCCCCCC/C=C\CCCC)OC(=O)CCCCCC/C=C\C/C=C\C/C=C\CC. The fourth-order valence-corrected chi connectivity index (χ4v) is 5.92. The van der Waals surface area contributed by atoms with Crippen molar-refractivity contribution in [3.05, 3.63) is 97.2 Å². The molecule has 0 aliphatic heterocycles. The summed E-state index contributed by atoms with van der Waals surface area (Å²) in [6, 6.07) is 0. The van der Waals surface area contributed by atoms with Crippen molar-refractivity contribution in [2.75, 3.05) is 13.2 Å². The molecule has 58 heavy (non-hydrogen) atoms. The minimum Gasteiger partial charge on any atom is -0.462 e. The number of rotatable bonds is 40. The summed E-state index contributed by atoms with van der Waals surface area (Å²) in [4.78, 5) is 37.8. The van der Waals surface area contributed by atoms with Gasteiger partial charge in [0, 0.05) is 19.3 Å². The second-order valence-corrected chi connectivity index (χ2v) is 15.0. The van der Waals surface area contributed by atoms with E-state index in [1.807, 2.05) is 24.3 Å². The molecule has 0 rings (SSSR count). The fourth-order valence-electron chi connectivity index (χ4n) is 5.92. The number of hydrogen-bond donors (Lipinski definition) is 0. The number of carbonyl (C=O) groups is 3. The molecule has 0 aromatic heterocycles. The van der Waals surface area contributed by atoms with Gasteiger partial charge in [0.2, 0.25) is 0 Å². The smallest absolute Gasteiger partial charge is 0.306 e. The molecule has 1 atom stereocenters. The monoisotopic (exact) mass is 805 g/mol. The lowest BCUT2D eigenvalue weighted by molar-refractivity contribution is -0.167. The molecule has 0 aromatic carbocycles. The van der Waals surface area contributed by atoms with Crippen LogP contribution in [0.1, 0.15) is 194 Å². The molecule has 0 radical (unpaired) electrons. The molecule has 6 nitrogen and oxygen atoms in total. The van der Waals surface area contributed by atoms with Crippen molar-refractivity contribution in [3.8, 4) is 0 Å². The maximum atomic E-state index is 12.7. The lowest BCUT2D eigenvalue weighted by atomic mass is 10.1. The van der Waals surface area contributed by atoms with Crippen LogP contribution < -0.4 is 0 Å². The third-order valence-corrected chi connectivity index (χ3v) is 9.40. The van der Waals surface area contributed by atoms with Crippen LogP contribution in [0, 0.1) is 0 Å². The highest BCUT2D eigenvalue weighted by Crippen LogP contribution is 2.12. The van der Waals surface area contributed by atoms with Gasteiger partial charge in [-0.3, -0.25) is 14.4 Å². The summed E-state index contributed by atoms with van der Waals surface area (Å²) < 4.78 is 16.7. The van der Waals surface area contributed by atoms with Crippen LogP contribution in [0.3, 0.4) is 0 Å². The number of allylic oxidation sites excluding steroid dienone is 16. The summed E-state index contributed by atoms with van der Waals surface area (Å²) in [6.45, 7) is 6.27. The van der Waals surface area contributed by atoms with Gasteiger partial charge in [0.25, 0.3) is 0 Å². The Balaban J connectivity index is 4.49. The molecule has 6 heteroatoms. The standard InChI is InChI=1S/C52H84O6/c1-4-7-10-13-16-19-22-24-26-28-30-33-36-39-42-45-51(54)57-48-49(47-56-50(53)44-41-38-35-32-29-21-18-15-12-9-6-3)58-52(55)46-43-40-37-34-31-27-25-23-20-17-14-11-8-5-2/h7-8,10-11,13,15-20,22,24-27,49H,4-6,9,12,14,21,23,28-48H2,1-3H3/b10-7-,11-8-,16-13-,18-15-,20-17-,22-19-,26-24-,27-25-. The quantitative estimate of drug-likeness (QED) is 0.0202. The third kappa shape index (κ3) is 43.5. The molecule has 328 valence electrons. The van der Waals surface area contributed by atoms with Crippen molar-refractivity contribution in [2.45, 2.75) is 200 Å². The maximum Gasteiger partial charge on any atom is 0.306 e. The van der Waals surface area contributed by atoms with E-state index in [1.165, 1.54) is 25.7 Å². The van der Waals surface area contributed by atoms with E-state index in [0.717, 1.165) is 128 Å². The topological polar surface area (TPSA) is 78.9 Å². The lowest BCUT2D eigenvalue weighted by Gasteiger charge is -2.18. The van der Waals surface area contributed by atoms with Gasteiger partial charge in [-0.05, 0) is 89.9 Å². The second kappa shape index (κ2) is 46.0. The van der Waals surface area contributed by atoms with Crippen molar-refractivity contribution in [1.82, 2.24) is 0 Å². The number of hydrogen-bond acceptors (Lipinski definition) is 6. The Morgan fingerprint density at radius 3 is 1.28 bits per heavy atom. The molecule has 0 aliphatic carbocycles. The zero-order valence-corrected chi connectivity index (χ0v) is 37.3. The first-order valence-corrected chi connectivity index (χ1v) is 23.3. The molecule has 0 aliphatic rings. The van der Waals surface area contributed by atoms with Crippen LogP contribution in [0.25, 0.3) is 0 Å². The molecule has 0 heterocycles. The van der Waals surface area contributed by atoms with Gasteiger partial charge in [-0.15, -0.1) is 0 Å². The van der Waals surface area contributed by atoms with E-state index in [1.54, 1.807) is 0 Å². The first kappa shape index (κ1) is 54.3. The zero-order valence-electron chi connectivity index (χ0n) is 37.3. The van der Waals surface area contributed by atoms with Gasteiger partial charge >= 0.3 is 17.9 Å². The predicted octanol–water partition coefficient (Wildman–Crippen LogP) is 15.0. The minimum atomic E-state index is -0.801. The van der Waals surface area contributed by atoms with Crippen LogP contribution in [-0.4, -0.2) is 37.2 Å². The first-order valence-electron chi connectivity index (χ1n) is 23.3. The van der Waals surface area contributed by atoms with Crippen LogP contribution in [0.15, 0.2) is 97.2 Å². The summed E-state index contributed by atoms with van der Waals surface area (Å²) in [5, 5.41) is 0. The number of ether oxygens (including phenoxy) is 3. The van der Waals surface area contributed by atoms with Gasteiger partial charge in [0.15, 0.2) is 6.10 Å². The zero-order chi connectivity index (χ0) is 42.3. The summed E-state index contributed by atoms with van der Waals surface area (Å²) in [6.07, 6.45) is 59.6. The van der Waals surface area contributed by atoms with E-state index in [2.05, 4.69) is 93.7 Å². The maximum absolute atomic E-state index is 12.7. The van der Waals surface area contributed by atoms with Crippen LogP contribution in [0.2, 0.25) is 0 Å². The Morgan fingerprint density at radius 1 is 0.379 bits per heavy atom. The van der Waals surface area contributed by atoms with E-state index in [9.17, 15) is 14.4 Å². The molecule has 0 saturated carbocycles. The summed E-state index contributed by atoms with van der Waals surface area (Å²) in [7, 11) is 0. The highest BCUT2D eigenvalue weighted by Gasteiger charge is 2.19. The van der Waals surface area contributed by atoms with Gasteiger partial charge in [-0.2, -0.15) is 0 Å². The Bertz CT molecular complexity index is 1200. The van der Waals surface area contributed by atoms with E-state index in [4.69, 9.17) is 14.2 Å².